The molecule has 1 aromatic carbocycles. The Kier molecular flexibility index (Phi) is 4.25. The molecule has 17 heavy (non-hydrogen) atoms. The van der Waals surface area contributed by atoms with Crippen molar-refractivity contribution in [1.82, 2.24) is 0 Å². The number of benzene rings is 1. The summed E-state index contributed by atoms with van der Waals surface area (Å²) >= 11 is 5.65. The van der Waals surface area contributed by atoms with Gasteiger partial charge in [0.2, 0.25) is 5.82 Å². The van der Waals surface area contributed by atoms with Crippen molar-refractivity contribution in [3.63, 3.8) is 0 Å². The van der Waals surface area contributed by atoms with Crippen molar-refractivity contribution in [2.45, 2.75) is 12.5 Å². The van der Waals surface area contributed by atoms with E-state index < -0.39 is 35.8 Å². The molecule has 0 fully saturated rings. The highest BCUT2D eigenvalue weighted by molar-refractivity contribution is 6.32. The molecule has 1 atom stereocenters. The van der Waals surface area contributed by atoms with Crippen molar-refractivity contribution in [3.05, 3.63) is 28.3 Å². The van der Waals surface area contributed by atoms with Gasteiger partial charge in [-0.15, -0.1) is 0 Å². The summed E-state index contributed by atoms with van der Waals surface area (Å²) in [6, 6.07) is -0.114. The lowest BCUT2D eigenvalue weighted by Gasteiger charge is -2.14. The number of carbonyl (C=O) groups is 1. The topological polar surface area (TPSA) is 72.5 Å². The quantitative estimate of drug-likeness (QED) is 0.818. The summed E-state index contributed by atoms with van der Waals surface area (Å²) in [6.07, 6.45) is -0.529. The minimum Gasteiger partial charge on any atom is -0.492 e. The summed E-state index contributed by atoms with van der Waals surface area (Å²) in [7, 11) is 1.14. The molecule has 4 nitrogen and oxygen atoms in total. The number of hydrogen-bond acceptors (Lipinski definition) is 3. The second-order valence-electron chi connectivity index (χ2n) is 3.31. The Morgan fingerprint density at radius 2 is 2.18 bits per heavy atom. The SMILES string of the molecule is COc1c(Cl)cc(C(N)CC(=O)O)c(F)c1F. The molecule has 0 spiro atoms. The van der Waals surface area contributed by atoms with E-state index in [9.17, 15) is 13.6 Å². The third kappa shape index (κ3) is 2.83. The molecule has 0 saturated carbocycles. The van der Waals surface area contributed by atoms with Gasteiger partial charge in [0.15, 0.2) is 11.6 Å². The van der Waals surface area contributed by atoms with Gasteiger partial charge in [0.25, 0.3) is 0 Å². The van der Waals surface area contributed by atoms with Gasteiger partial charge in [-0.25, -0.2) is 4.39 Å². The molecule has 1 rings (SSSR count). The number of carboxylic acid groups (broad SMARTS) is 1. The zero-order valence-corrected chi connectivity index (χ0v) is 9.59. The van der Waals surface area contributed by atoms with Gasteiger partial charge in [-0.05, 0) is 6.07 Å². The van der Waals surface area contributed by atoms with Crippen LogP contribution in [0.4, 0.5) is 8.78 Å². The van der Waals surface area contributed by atoms with E-state index in [1.807, 2.05) is 0 Å². The summed E-state index contributed by atoms with van der Waals surface area (Å²) in [5.41, 5.74) is 5.14. The molecular formula is C10H10ClF2NO3. The Labute approximate surface area is 101 Å². The van der Waals surface area contributed by atoms with Crippen LogP contribution in [0.15, 0.2) is 6.07 Å². The average Bonchev–Trinajstić information content (AvgIpc) is 2.23. The Balaban J connectivity index is 3.22. The third-order valence-electron chi connectivity index (χ3n) is 2.14. The third-order valence-corrected chi connectivity index (χ3v) is 2.42. The Hall–Kier alpha value is -1.40. The molecule has 0 aliphatic rings. The van der Waals surface area contributed by atoms with Crippen LogP contribution < -0.4 is 10.5 Å². The highest BCUT2D eigenvalue weighted by Gasteiger charge is 2.23. The summed E-state index contributed by atoms with van der Waals surface area (Å²) in [5, 5.41) is 8.36. The molecule has 0 radical (unpaired) electrons. The van der Waals surface area contributed by atoms with Crippen LogP contribution >= 0.6 is 11.6 Å². The second kappa shape index (κ2) is 5.29. The van der Waals surface area contributed by atoms with Crippen molar-refractivity contribution < 1.29 is 23.4 Å². The van der Waals surface area contributed by atoms with Crippen LogP contribution in [-0.4, -0.2) is 18.2 Å². The number of methoxy groups -OCH3 is 1. The fourth-order valence-electron chi connectivity index (χ4n) is 1.35. The summed E-state index contributed by atoms with van der Waals surface area (Å²) in [4.78, 5) is 10.4. The lowest BCUT2D eigenvalue weighted by molar-refractivity contribution is -0.137. The number of nitrogens with two attached hydrogens (primary N) is 1. The molecule has 1 aromatic rings. The van der Waals surface area contributed by atoms with Crippen molar-refractivity contribution in [3.8, 4) is 5.75 Å². The number of rotatable bonds is 4. The zero-order chi connectivity index (χ0) is 13.2. The van der Waals surface area contributed by atoms with Crippen molar-refractivity contribution in [1.29, 1.82) is 0 Å². The van der Waals surface area contributed by atoms with Crippen LogP contribution in [0.2, 0.25) is 5.02 Å². The minimum atomic E-state index is -1.28. The zero-order valence-electron chi connectivity index (χ0n) is 8.84. The Morgan fingerprint density at radius 3 is 2.65 bits per heavy atom. The lowest BCUT2D eigenvalue weighted by atomic mass is 10.0. The van der Waals surface area contributed by atoms with Crippen molar-refractivity contribution in [2.75, 3.05) is 7.11 Å². The predicted octanol–water partition coefficient (Wildman–Crippen LogP) is 2.10. The molecule has 0 bridgehead atoms. The van der Waals surface area contributed by atoms with E-state index in [1.54, 1.807) is 0 Å². The van der Waals surface area contributed by atoms with Gasteiger partial charge in [0.05, 0.1) is 18.6 Å². The first-order valence-electron chi connectivity index (χ1n) is 4.57. The number of hydrogen-bond donors (Lipinski definition) is 2. The highest BCUT2D eigenvalue weighted by Crippen LogP contribution is 2.34. The van der Waals surface area contributed by atoms with E-state index in [1.165, 1.54) is 0 Å². The Morgan fingerprint density at radius 1 is 1.59 bits per heavy atom. The summed E-state index contributed by atoms with van der Waals surface area (Å²) in [5.74, 6) is -4.18. The number of ether oxygens (including phenoxy) is 1. The predicted molar refractivity (Wildman–Crippen MR) is 57.1 cm³/mol. The number of halogens is 3. The van der Waals surface area contributed by atoms with Gasteiger partial charge in [-0.1, -0.05) is 11.6 Å². The molecule has 0 aliphatic heterocycles. The smallest absolute Gasteiger partial charge is 0.305 e. The molecule has 94 valence electrons. The Bertz CT molecular complexity index is 454. The van der Waals surface area contributed by atoms with Gasteiger partial charge in [0.1, 0.15) is 0 Å². The number of carboxylic acids is 1. The first-order valence-corrected chi connectivity index (χ1v) is 4.95. The summed E-state index contributed by atoms with van der Waals surface area (Å²) < 4.78 is 31.5. The standard InChI is InChI=1S/C10H10ClF2NO3/c1-17-10-5(11)2-4(8(12)9(10)13)6(14)3-7(15)16/h2,6H,3,14H2,1H3,(H,15,16). The monoisotopic (exact) mass is 265 g/mol. The van der Waals surface area contributed by atoms with Crippen LogP contribution in [0.5, 0.6) is 5.75 Å². The van der Waals surface area contributed by atoms with E-state index in [-0.39, 0.29) is 10.6 Å². The molecule has 0 aliphatic carbocycles. The molecule has 1 unspecified atom stereocenters. The molecule has 7 heteroatoms. The maximum absolute atomic E-state index is 13.5. The van der Waals surface area contributed by atoms with Crippen molar-refractivity contribution in [2.24, 2.45) is 5.73 Å². The molecule has 0 aromatic heterocycles. The minimum absolute atomic E-state index is 0.165. The molecule has 3 N–H and O–H groups in total. The first-order chi connectivity index (χ1) is 7.88. The van der Waals surface area contributed by atoms with E-state index in [2.05, 4.69) is 4.74 Å². The van der Waals surface area contributed by atoms with E-state index in [0.717, 1.165) is 13.2 Å². The summed E-state index contributed by atoms with van der Waals surface area (Å²) in [6.45, 7) is 0. The van der Waals surface area contributed by atoms with Gasteiger partial charge in [0, 0.05) is 11.6 Å². The first kappa shape index (κ1) is 13.7. The van der Waals surface area contributed by atoms with Crippen LogP contribution in [0, 0.1) is 11.6 Å². The molecule has 0 amide bonds. The van der Waals surface area contributed by atoms with E-state index in [0.29, 0.717) is 0 Å². The van der Waals surface area contributed by atoms with E-state index in [4.69, 9.17) is 22.4 Å². The van der Waals surface area contributed by atoms with Crippen LogP contribution in [0.1, 0.15) is 18.0 Å². The van der Waals surface area contributed by atoms with Crippen LogP contribution in [0.3, 0.4) is 0 Å². The maximum atomic E-state index is 13.5. The fourth-order valence-corrected chi connectivity index (χ4v) is 1.63. The molecular weight excluding hydrogens is 256 g/mol. The van der Waals surface area contributed by atoms with Crippen LogP contribution in [-0.2, 0) is 4.79 Å². The van der Waals surface area contributed by atoms with Gasteiger partial charge >= 0.3 is 5.97 Å². The highest BCUT2D eigenvalue weighted by atomic mass is 35.5. The van der Waals surface area contributed by atoms with E-state index >= 15 is 0 Å². The maximum Gasteiger partial charge on any atom is 0.305 e. The van der Waals surface area contributed by atoms with Gasteiger partial charge < -0.3 is 15.6 Å². The molecule has 0 saturated heterocycles. The number of aliphatic carboxylic acids is 1. The van der Waals surface area contributed by atoms with Gasteiger partial charge in [-0.3, -0.25) is 4.79 Å². The van der Waals surface area contributed by atoms with Crippen LogP contribution in [0.25, 0.3) is 0 Å². The second-order valence-corrected chi connectivity index (χ2v) is 3.72. The van der Waals surface area contributed by atoms with Crippen molar-refractivity contribution >= 4 is 17.6 Å². The normalized spacial score (nSPS) is 12.3. The molecule has 0 heterocycles. The largest absolute Gasteiger partial charge is 0.492 e. The fraction of sp³-hybridized carbons (Fsp3) is 0.300. The average molecular weight is 266 g/mol. The lowest BCUT2D eigenvalue weighted by Crippen LogP contribution is -2.17. The van der Waals surface area contributed by atoms with Gasteiger partial charge in [-0.2, -0.15) is 4.39 Å².